The minimum atomic E-state index is -0.497. The lowest BCUT2D eigenvalue weighted by molar-refractivity contribution is -0.136. The van der Waals surface area contributed by atoms with Gasteiger partial charge in [-0.25, -0.2) is 4.79 Å². The molecule has 0 saturated carbocycles. The maximum absolute atomic E-state index is 12.4. The van der Waals surface area contributed by atoms with E-state index in [9.17, 15) is 10.1 Å². The fraction of sp³-hybridized carbons (Fsp3) is 0.200. The first-order valence-electron chi connectivity index (χ1n) is 8.27. The van der Waals surface area contributed by atoms with Gasteiger partial charge in [-0.3, -0.25) is 9.97 Å². The van der Waals surface area contributed by atoms with Gasteiger partial charge >= 0.3 is 5.97 Å². The van der Waals surface area contributed by atoms with E-state index in [-0.39, 0.29) is 0 Å². The Bertz CT molecular complexity index is 933. The van der Waals surface area contributed by atoms with Gasteiger partial charge in [0.05, 0.1) is 35.3 Å². The fourth-order valence-electron chi connectivity index (χ4n) is 2.94. The number of pyridine rings is 2. The molecule has 2 aromatic heterocycles. The van der Waals surface area contributed by atoms with Gasteiger partial charge in [0.25, 0.3) is 0 Å². The van der Waals surface area contributed by atoms with Crippen molar-refractivity contribution in [2.75, 3.05) is 7.11 Å². The number of ether oxygens (including phenoxy) is 1. The number of nitriles is 1. The summed E-state index contributed by atoms with van der Waals surface area (Å²) in [5.74, 6) is -0.292. The Morgan fingerprint density at radius 3 is 2.70 bits per heavy atom. The predicted molar refractivity (Wildman–Crippen MR) is 103 cm³/mol. The molecule has 0 amide bonds. The average Bonchev–Trinajstić information content (AvgIpc) is 2.72. The van der Waals surface area contributed by atoms with E-state index in [0.717, 1.165) is 16.2 Å². The highest BCUT2D eigenvalue weighted by Gasteiger charge is 2.35. The summed E-state index contributed by atoms with van der Waals surface area (Å²) >= 11 is 1.51. The number of hydrogen-bond acceptors (Lipinski definition) is 7. The third-order valence-corrected chi connectivity index (χ3v) is 5.29. The lowest BCUT2D eigenvalue weighted by Gasteiger charge is -2.29. The maximum Gasteiger partial charge on any atom is 0.336 e. The number of esters is 1. The Morgan fingerprint density at radius 2 is 2.07 bits per heavy atom. The van der Waals surface area contributed by atoms with Crippen LogP contribution in [0.1, 0.15) is 24.0 Å². The molecular weight excluding hydrogens is 360 g/mol. The molecule has 0 aliphatic carbocycles. The molecule has 27 heavy (non-hydrogen) atoms. The summed E-state index contributed by atoms with van der Waals surface area (Å²) in [6.45, 7) is 1.82. The van der Waals surface area contributed by atoms with Crippen LogP contribution in [0.4, 0.5) is 0 Å². The van der Waals surface area contributed by atoms with Crippen molar-refractivity contribution < 1.29 is 9.53 Å². The molecule has 2 aromatic rings. The first-order chi connectivity index (χ1) is 13.2. The van der Waals surface area contributed by atoms with E-state index in [4.69, 9.17) is 4.74 Å². The van der Waals surface area contributed by atoms with E-state index >= 15 is 0 Å². The molecule has 1 unspecified atom stereocenters. The number of rotatable bonds is 5. The van der Waals surface area contributed by atoms with E-state index in [2.05, 4.69) is 21.4 Å². The SMILES string of the molecule is COC(=O)C1=C(C)NC(SCc2cccnc2)=C(C#N)C1c1ccncc1. The van der Waals surface area contributed by atoms with Crippen molar-refractivity contribution in [3.05, 3.63) is 82.1 Å². The number of carbonyl (C=O) groups is 1. The molecule has 7 heteroatoms. The van der Waals surface area contributed by atoms with Crippen LogP contribution in [0.2, 0.25) is 0 Å². The highest BCUT2D eigenvalue weighted by atomic mass is 32.2. The molecule has 6 nitrogen and oxygen atoms in total. The van der Waals surface area contributed by atoms with Gasteiger partial charge in [-0.15, -0.1) is 11.8 Å². The molecule has 0 radical (unpaired) electrons. The van der Waals surface area contributed by atoms with Crippen LogP contribution in [0.5, 0.6) is 0 Å². The van der Waals surface area contributed by atoms with Gasteiger partial charge in [0.2, 0.25) is 0 Å². The topological polar surface area (TPSA) is 87.9 Å². The van der Waals surface area contributed by atoms with Crippen molar-refractivity contribution in [2.24, 2.45) is 0 Å². The summed E-state index contributed by atoms with van der Waals surface area (Å²) in [5.41, 5.74) is 3.47. The van der Waals surface area contributed by atoms with E-state index in [0.29, 0.717) is 22.6 Å². The highest BCUT2D eigenvalue weighted by Crippen LogP contribution is 2.41. The van der Waals surface area contributed by atoms with Crippen molar-refractivity contribution in [1.82, 2.24) is 15.3 Å². The molecule has 1 aliphatic rings. The van der Waals surface area contributed by atoms with Crippen LogP contribution in [0.15, 0.2) is 70.9 Å². The second-order valence-corrected chi connectivity index (χ2v) is 6.86. The maximum atomic E-state index is 12.4. The zero-order chi connectivity index (χ0) is 19.2. The Morgan fingerprint density at radius 1 is 1.30 bits per heavy atom. The van der Waals surface area contributed by atoms with E-state index < -0.39 is 11.9 Å². The van der Waals surface area contributed by atoms with Crippen molar-refractivity contribution >= 4 is 17.7 Å². The summed E-state index contributed by atoms with van der Waals surface area (Å²) in [6, 6.07) is 9.78. The minimum absolute atomic E-state index is 0.436. The van der Waals surface area contributed by atoms with E-state index in [1.165, 1.54) is 18.9 Å². The summed E-state index contributed by atoms with van der Waals surface area (Å²) in [5, 5.41) is 13.8. The van der Waals surface area contributed by atoms with Crippen LogP contribution >= 0.6 is 11.8 Å². The lowest BCUT2D eigenvalue weighted by atomic mass is 9.83. The molecule has 1 aliphatic heterocycles. The predicted octanol–water partition coefficient (Wildman–Crippen LogP) is 3.28. The molecule has 136 valence electrons. The van der Waals surface area contributed by atoms with E-state index in [1.54, 1.807) is 24.8 Å². The first kappa shape index (κ1) is 18.7. The molecule has 1 atom stereocenters. The number of nitrogens with zero attached hydrogens (tertiary/aromatic N) is 3. The number of allylic oxidation sites excluding steroid dienone is 2. The Labute approximate surface area is 162 Å². The molecule has 3 rings (SSSR count). The summed E-state index contributed by atoms with van der Waals surface area (Å²) in [6.07, 6.45) is 6.82. The third-order valence-electron chi connectivity index (χ3n) is 4.20. The number of nitrogens with one attached hydrogen (secondary N) is 1. The number of thioether (sulfide) groups is 1. The van der Waals surface area contributed by atoms with Crippen LogP contribution < -0.4 is 5.32 Å². The number of methoxy groups -OCH3 is 1. The number of aromatic nitrogens is 2. The van der Waals surface area contributed by atoms with Gasteiger partial charge in [0, 0.05) is 36.2 Å². The number of dihydropyridines is 1. The molecule has 0 fully saturated rings. The normalized spacial score (nSPS) is 16.6. The van der Waals surface area contributed by atoms with Crippen LogP contribution in [0.25, 0.3) is 0 Å². The zero-order valence-electron chi connectivity index (χ0n) is 15.0. The highest BCUT2D eigenvalue weighted by molar-refractivity contribution is 8.02. The smallest absolute Gasteiger partial charge is 0.336 e. The molecule has 0 aromatic carbocycles. The third kappa shape index (κ3) is 4.01. The monoisotopic (exact) mass is 378 g/mol. The average molecular weight is 378 g/mol. The molecular formula is C20H18N4O2S. The molecule has 0 spiro atoms. The fourth-order valence-corrected chi connectivity index (χ4v) is 3.96. The van der Waals surface area contributed by atoms with Gasteiger partial charge in [-0.05, 0) is 36.2 Å². The zero-order valence-corrected chi connectivity index (χ0v) is 15.8. The van der Waals surface area contributed by atoms with Crippen molar-refractivity contribution in [3.63, 3.8) is 0 Å². The lowest BCUT2D eigenvalue weighted by Crippen LogP contribution is -2.28. The van der Waals surface area contributed by atoms with Crippen molar-refractivity contribution in [2.45, 2.75) is 18.6 Å². The number of hydrogen-bond donors (Lipinski definition) is 1. The Balaban J connectivity index is 2.01. The largest absolute Gasteiger partial charge is 0.466 e. The second kappa shape index (κ2) is 8.52. The Kier molecular flexibility index (Phi) is 5.89. The van der Waals surface area contributed by atoms with Crippen LogP contribution in [0, 0.1) is 11.3 Å². The second-order valence-electron chi connectivity index (χ2n) is 5.87. The quantitative estimate of drug-likeness (QED) is 0.799. The van der Waals surface area contributed by atoms with Crippen molar-refractivity contribution in [1.29, 1.82) is 5.26 Å². The standard InChI is InChI=1S/C20H18N4O2S/c1-13-17(20(25)26-2)18(15-5-8-22-9-6-15)16(10-21)19(24-13)27-12-14-4-3-7-23-11-14/h3-9,11,18,24H,12H2,1-2H3. The molecule has 0 bridgehead atoms. The van der Waals surface area contributed by atoms with Crippen LogP contribution in [0.3, 0.4) is 0 Å². The summed E-state index contributed by atoms with van der Waals surface area (Å²) in [7, 11) is 1.34. The summed E-state index contributed by atoms with van der Waals surface area (Å²) in [4.78, 5) is 20.6. The van der Waals surface area contributed by atoms with Gasteiger partial charge in [0.1, 0.15) is 0 Å². The van der Waals surface area contributed by atoms with Gasteiger partial charge < -0.3 is 10.1 Å². The summed E-state index contributed by atoms with van der Waals surface area (Å²) < 4.78 is 4.97. The number of carbonyl (C=O) groups excluding carboxylic acids is 1. The van der Waals surface area contributed by atoms with Gasteiger partial charge in [-0.2, -0.15) is 5.26 Å². The first-order valence-corrected chi connectivity index (χ1v) is 9.26. The molecule has 3 heterocycles. The van der Waals surface area contributed by atoms with Crippen molar-refractivity contribution in [3.8, 4) is 6.07 Å². The van der Waals surface area contributed by atoms with E-state index in [1.807, 2.05) is 31.2 Å². The Hall–Kier alpha value is -3.11. The van der Waals surface area contributed by atoms with Gasteiger partial charge in [-0.1, -0.05) is 6.07 Å². The molecule has 0 saturated heterocycles. The minimum Gasteiger partial charge on any atom is -0.466 e. The van der Waals surface area contributed by atoms with Crippen LogP contribution in [-0.2, 0) is 15.3 Å². The van der Waals surface area contributed by atoms with Crippen LogP contribution in [-0.4, -0.2) is 23.0 Å². The van der Waals surface area contributed by atoms with Gasteiger partial charge in [0.15, 0.2) is 0 Å². The molecule has 1 N–H and O–H groups in total.